The van der Waals surface area contributed by atoms with Gasteiger partial charge in [-0.05, 0) is 67.0 Å². The van der Waals surface area contributed by atoms with E-state index in [0.29, 0.717) is 30.9 Å². The van der Waals surface area contributed by atoms with Gasteiger partial charge in [0.15, 0.2) is 0 Å². The molecule has 3 N–H and O–H groups in total. The first-order valence-electron chi connectivity index (χ1n) is 13.8. The largest absolute Gasteiger partial charge is 0.352 e. The normalized spacial score (nSPS) is 23.2. The van der Waals surface area contributed by atoms with Gasteiger partial charge in [-0.2, -0.15) is 0 Å². The van der Waals surface area contributed by atoms with Crippen molar-refractivity contribution in [3.05, 3.63) is 84.7 Å². The smallest absolute Gasteiger partial charge is 0.269 e. The van der Waals surface area contributed by atoms with Gasteiger partial charge in [-0.15, -0.1) is 22.7 Å². The zero-order valence-electron chi connectivity index (χ0n) is 22.3. The minimum atomic E-state index is -0.577. The minimum Gasteiger partial charge on any atom is -0.352 e. The van der Waals surface area contributed by atoms with Crippen molar-refractivity contribution in [2.24, 2.45) is 5.73 Å². The quantitative estimate of drug-likeness (QED) is 0.277. The lowest BCUT2D eigenvalue weighted by Gasteiger charge is -2.43. The standard InChI is InChI=1S/C29H35N5O4S2/c30-21-7-9-22(10-8-21)31-28(35)26-17-24(13-14-33(26)29(36)27-4-2-16-40-27)32(19-25-3-1-15-39-25)18-20-5-11-23(12-6-20)34(37)38/h1-6,11-12,15-16,21-22,24,26H,7-10,13-14,17-19,30H2,(H,31,35)/t21?,22?,24?,26-/m1/s1. The number of likely N-dealkylation sites (tertiary alicyclic amines) is 1. The molecular formula is C29H35N5O4S2. The first-order chi connectivity index (χ1) is 19.4. The number of carbonyl (C=O) groups excluding carboxylic acids is 2. The van der Waals surface area contributed by atoms with Gasteiger partial charge < -0.3 is 16.0 Å². The Morgan fingerprint density at radius 3 is 2.38 bits per heavy atom. The fraction of sp³-hybridized carbons (Fsp3) is 0.448. The molecule has 9 nitrogen and oxygen atoms in total. The molecule has 1 aliphatic carbocycles. The van der Waals surface area contributed by atoms with Crippen LogP contribution in [0.2, 0.25) is 0 Å². The lowest BCUT2D eigenvalue weighted by atomic mass is 9.90. The third kappa shape index (κ3) is 6.95. The molecule has 3 aromatic rings. The van der Waals surface area contributed by atoms with Gasteiger partial charge in [-0.3, -0.25) is 24.6 Å². The van der Waals surface area contributed by atoms with Crippen LogP contribution in [0.1, 0.15) is 58.6 Å². The number of carbonyl (C=O) groups is 2. The number of thiophene rings is 2. The summed E-state index contributed by atoms with van der Waals surface area (Å²) in [5.41, 5.74) is 7.11. The molecule has 0 bridgehead atoms. The summed E-state index contributed by atoms with van der Waals surface area (Å²) < 4.78 is 0. The van der Waals surface area contributed by atoms with Crippen LogP contribution in [0.5, 0.6) is 0 Å². The Bertz CT molecular complexity index is 1270. The highest BCUT2D eigenvalue weighted by atomic mass is 32.1. The van der Waals surface area contributed by atoms with Crippen LogP contribution in [0, 0.1) is 10.1 Å². The summed E-state index contributed by atoms with van der Waals surface area (Å²) in [6, 6.07) is 14.2. The molecule has 2 atom stereocenters. The number of nitrogens with zero attached hydrogens (tertiary/aromatic N) is 3. The van der Waals surface area contributed by atoms with E-state index < -0.39 is 11.0 Å². The fourth-order valence-corrected chi connectivity index (χ4v) is 7.16. The van der Waals surface area contributed by atoms with Crippen LogP contribution < -0.4 is 11.1 Å². The Labute approximate surface area is 242 Å². The van der Waals surface area contributed by atoms with Crippen molar-refractivity contribution in [1.82, 2.24) is 15.1 Å². The van der Waals surface area contributed by atoms with E-state index in [4.69, 9.17) is 5.73 Å². The molecule has 2 aliphatic rings. The SMILES string of the molecule is NC1CCC(NC(=O)[C@H]2CC(N(Cc3ccc([N+](=O)[O-])cc3)Cc3cccs3)CCN2C(=O)c2cccs2)CC1. The Kier molecular flexibility index (Phi) is 9.25. The topological polar surface area (TPSA) is 122 Å². The average molecular weight is 582 g/mol. The molecule has 11 heteroatoms. The Morgan fingerprint density at radius 2 is 1.73 bits per heavy atom. The Morgan fingerprint density at radius 1 is 1.00 bits per heavy atom. The molecule has 40 heavy (non-hydrogen) atoms. The van der Waals surface area contributed by atoms with Crippen LogP contribution in [0.4, 0.5) is 5.69 Å². The monoisotopic (exact) mass is 581 g/mol. The number of hydrogen-bond donors (Lipinski definition) is 2. The fourth-order valence-electron chi connectivity index (χ4n) is 5.75. The predicted molar refractivity (Wildman–Crippen MR) is 157 cm³/mol. The number of nitro benzene ring substituents is 1. The second-order valence-corrected chi connectivity index (χ2v) is 12.7. The number of benzene rings is 1. The summed E-state index contributed by atoms with van der Waals surface area (Å²) in [5.74, 6) is -0.194. The van der Waals surface area contributed by atoms with Crippen molar-refractivity contribution in [3.8, 4) is 0 Å². The first-order valence-corrected chi connectivity index (χ1v) is 15.5. The van der Waals surface area contributed by atoms with Gasteiger partial charge in [0.25, 0.3) is 11.6 Å². The highest BCUT2D eigenvalue weighted by Crippen LogP contribution is 2.29. The molecule has 0 radical (unpaired) electrons. The number of piperidine rings is 1. The van der Waals surface area contributed by atoms with Crippen LogP contribution in [0.3, 0.4) is 0 Å². The maximum atomic E-state index is 13.8. The van der Waals surface area contributed by atoms with Crippen LogP contribution in [0.15, 0.2) is 59.3 Å². The number of hydrogen-bond acceptors (Lipinski definition) is 8. The Balaban J connectivity index is 1.37. The van der Waals surface area contributed by atoms with Crippen molar-refractivity contribution >= 4 is 40.2 Å². The van der Waals surface area contributed by atoms with E-state index in [0.717, 1.165) is 37.7 Å². The average Bonchev–Trinajstić information content (AvgIpc) is 3.69. The van der Waals surface area contributed by atoms with Gasteiger partial charge in [0, 0.05) is 54.8 Å². The summed E-state index contributed by atoms with van der Waals surface area (Å²) in [6.45, 7) is 1.78. The van der Waals surface area contributed by atoms with Crippen molar-refractivity contribution in [2.45, 2.75) is 75.8 Å². The number of rotatable bonds is 9. The van der Waals surface area contributed by atoms with Gasteiger partial charge >= 0.3 is 0 Å². The van der Waals surface area contributed by atoms with Gasteiger partial charge in [0.1, 0.15) is 6.04 Å². The number of non-ortho nitro benzene ring substituents is 1. The van der Waals surface area contributed by atoms with Crippen LogP contribution in [0.25, 0.3) is 0 Å². The molecule has 2 amide bonds. The van der Waals surface area contributed by atoms with E-state index in [-0.39, 0.29) is 35.6 Å². The second kappa shape index (κ2) is 13.0. The van der Waals surface area contributed by atoms with Crippen molar-refractivity contribution in [1.29, 1.82) is 0 Å². The van der Waals surface area contributed by atoms with Crippen molar-refractivity contribution in [3.63, 3.8) is 0 Å². The summed E-state index contributed by atoms with van der Waals surface area (Å²) in [4.78, 5) is 44.0. The molecule has 5 rings (SSSR count). The third-order valence-corrected chi connectivity index (χ3v) is 9.70. The molecule has 2 aromatic heterocycles. The summed E-state index contributed by atoms with van der Waals surface area (Å²) in [6.07, 6.45) is 4.74. The second-order valence-electron chi connectivity index (χ2n) is 10.7. The highest BCUT2D eigenvalue weighted by molar-refractivity contribution is 7.12. The van der Waals surface area contributed by atoms with Gasteiger partial charge in [-0.1, -0.05) is 24.3 Å². The van der Waals surface area contributed by atoms with E-state index in [9.17, 15) is 19.7 Å². The van der Waals surface area contributed by atoms with Gasteiger partial charge in [0.05, 0.1) is 9.80 Å². The maximum absolute atomic E-state index is 13.8. The van der Waals surface area contributed by atoms with E-state index >= 15 is 0 Å². The maximum Gasteiger partial charge on any atom is 0.269 e. The molecule has 1 aliphatic heterocycles. The summed E-state index contributed by atoms with van der Waals surface area (Å²) in [5, 5.41) is 18.3. The predicted octanol–water partition coefficient (Wildman–Crippen LogP) is 4.78. The number of nitrogens with one attached hydrogen (secondary N) is 1. The molecule has 1 unspecified atom stereocenters. The van der Waals surface area contributed by atoms with Crippen molar-refractivity contribution in [2.75, 3.05) is 6.54 Å². The third-order valence-electron chi connectivity index (χ3n) is 7.98. The minimum absolute atomic E-state index is 0.0557. The van der Waals surface area contributed by atoms with Crippen LogP contribution >= 0.6 is 22.7 Å². The summed E-state index contributed by atoms with van der Waals surface area (Å²) >= 11 is 3.08. The zero-order valence-corrected chi connectivity index (χ0v) is 23.9. The molecular weight excluding hydrogens is 546 g/mol. The molecule has 2 fully saturated rings. The number of nitro groups is 1. The molecule has 212 valence electrons. The molecule has 1 saturated carbocycles. The molecule has 0 spiro atoms. The summed E-state index contributed by atoms with van der Waals surface area (Å²) in [7, 11) is 0. The van der Waals surface area contributed by atoms with Gasteiger partial charge in [-0.25, -0.2) is 0 Å². The van der Waals surface area contributed by atoms with E-state index in [1.54, 1.807) is 28.4 Å². The molecule has 3 heterocycles. The van der Waals surface area contributed by atoms with Gasteiger partial charge in [0.2, 0.25) is 5.91 Å². The van der Waals surface area contributed by atoms with E-state index in [2.05, 4.69) is 16.3 Å². The van der Waals surface area contributed by atoms with E-state index in [1.165, 1.54) is 28.3 Å². The molecule has 1 saturated heterocycles. The molecule has 1 aromatic carbocycles. The van der Waals surface area contributed by atoms with Crippen LogP contribution in [-0.2, 0) is 17.9 Å². The number of nitrogens with two attached hydrogens (primary N) is 1. The lowest BCUT2D eigenvalue weighted by Crippen LogP contribution is -2.58. The van der Waals surface area contributed by atoms with Crippen molar-refractivity contribution < 1.29 is 14.5 Å². The Hall–Kier alpha value is -3.12. The highest BCUT2D eigenvalue weighted by Gasteiger charge is 2.39. The number of amides is 2. The van der Waals surface area contributed by atoms with E-state index in [1.807, 2.05) is 29.0 Å². The first kappa shape index (κ1) is 28.4. The lowest BCUT2D eigenvalue weighted by molar-refractivity contribution is -0.384. The zero-order chi connectivity index (χ0) is 28.1. The van der Waals surface area contributed by atoms with Crippen LogP contribution in [-0.4, -0.2) is 57.2 Å².